The van der Waals surface area contributed by atoms with E-state index in [9.17, 15) is 0 Å². The summed E-state index contributed by atoms with van der Waals surface area (Å²) in [5, 5.41) is 8.92. The van der Waals surface area contributed by atoms with Crippen LogP contribution in [-0.2, 0) is 0 Å². The molecule has 1 aliphatic carbocycles. The Morgan fingerprint density at radius 2 is 1.96 bits per heavy atom. The Morgan fingerprint density at radius 3 is 2.44 bits per heavy atom. The van der Waals surface area contributed by atoms with Gasteiger partial charge in [-0.25, -0.2) is 0 Å². The van der Waals surface area contributed by atoms with Crippen LogP contribution in [0.1, 0.15) is 32.3 Å². The molecule has 1 atom stereocenters. The summed E-state index contributed by atoms with van der Waals surface area (Å²) in [5.74, 6) is 2.15. The fraction of sp³-hybridized carbons (Fsp3) is 0.348. The molecule has 0 fully saturated rings. The van der Waals surface area contributed by atoms with Crippen LogP contribution >= 0.6 is 15.9 Å². The van der Waals surface area contributed by atoms with Gasteiger partial charge < -0.3 is 9.47 Å². The molecule has 27 heavy (non-hydrogen) atoms. The number of allylic oxidation sites excluding steroid dienone is 6. The minimum atomic E-state index is 0.413. The summed E-state index contributed by atoms with van der Waals surface area (Å²) in [5.41, 5.74) is 1.79. The normalized spacial score (nSPS) is 14.6. The molecule has 4 heteroatoms. The summed E-state index contributed by atoms with van der Waals surface area (Å²) < 4.78 is 11.9. The van der Waals surface area contributed by atoms with Crippen LogP contribution in [0.4, 0.5) is 0 Å². The molecular formula is C23H30BrNO2. The van der Waals surface area contributed by atoms with Crippen molar-refractivity contribution >= 4 is 15.9 Å². The molecule has 0 saturated heterocycles. The SMILES string of the molecule is C=CC=C.CC.COc1ccc(OCCC2C=C(Br)C(C#N)=CC2)cc1C. The molecule has 1 aromatic rings. The van der Waals surface area contributed by atoms with Crippen molar-refractivity contribution in [3.05, 3.63) is 71.3 Å². The first kappa shape index (κ1) is 24.8. The van der Waals surface area contributed by atoms with Crippen molar-refractivity contribution in [1.29, 1.82) is 5.26 Å². The summed E-state index contributed by atoms with van der Waals surface area (Å²) in [6.45, 7) is 13.4. The van der Waals surface area contributed by atoms with Crippen LogP contribution in [0.25, 0.3) is 0 Å². The van der Waals surface area contributed by atoms with Gasteiger partial charge in [0.05, 0.1) is 25.4 Å². The molecule has 0 aromatic heterocycles. The van der Waals surface area contributed by atoms with E-state index in [2.05, 4.69) is 41.2 Å². The van der Waals surface area contributed by atoms with Crippen molar-refractivity contribution in [2.45, 2.75) is 33.6 Å². The molecule has 0 saturated carbocycles. The molecule has 3 nitrogen and oxygen atoms in total. The molecule has 0 radical (unpaired) electrons. The lowest BCUT2D eigenvalue weighted by atomic mass is 9.94. The van der Waals surface area contributed by atoms with Crippen molar-refractivity contribution in [2.24, 2.45) is 5.92 Å². The zero-order valence-electron chi connectivity index (χ0n) is 16.8. The quantitative estimate of drug-likeness (QED) is 0.459. The summed E-state index contributed by atoms with van der Waals surface area (Å²) in [4.78, 5) is 0. The molecule has 0 amide bonds. The smallest absolute Gasteiger partial charge is 0.122 e. The molecule has 2 rings (SSSR count). The van der Waals surface area contributed by atoms with E-state index in [1.165, 1.54) is 0 Å². The van der Waals surface area contributed by atoms with Crippen LogP contribution in [0.2, 0.25) is 0 Å². The fourth-order valence-corrected chi connectivity index (χ4v) is 2.92. The fourth-order valence-electron chi connectivity index (χ4n) is 2.30. The maximum Gasteiger partial charge on any atom is 0.122 e. The van der Waals surface area contributed by atoms with Crippen molar-refractivity contribution < 1.29 is 9.47 Å². The molecule has 1 unspecified atom stereocenters. The minimum Gasteiger partial charge on any atom is -0.496 e. The van der Waals surface area contributed by atoms with Gasteiger partial charge in [0.2, 0.25) is 0 Å². The molecule has 0 bridgehead atoms. The highest BCUT2D eigenvalue weighted by molar-refractivity contribution is 9.12. The second-order valence-corrected chi connectivity index (χ2v) is 6.33. The van der Waals surface area contributed by atoms with Gasteiger partial charge in [0, 0.05) is 4.48 Å². The van der Waals surface area contributed by atoms with Gasteiger partial charge in [-0.1, -0.05) is 51.3 Å². The predicted molar refractivity (Wildman–Crippen MR) is 118 cm³/mol. The van der Waals surface area contributed by atoms with E-state index in [0.717, 1.165) is 40.0 Å². The number of methoxy groups -OCH3 is 1. The highest BCUT2D eigenvalue weighted by Gasteiger charge is 2.14. The Hall–Kier alpha value is -2.25. The Labute approximate surface area is 172 Å². The second kappa shape index (κ2) is 14.9. The first-order chi connectivity index (χ1) is 13.0. The van der Waals surface area contributed by atoms with Crippen LogP contribution in [0, 0.1) is 24.2 Å². The number of hydrogen-bond acceptors (Lipinski definition) is 3. The zero-order chi connectivity index (χ0) is 20.7. The van der Waals surface area contributed by atoms with Crippen LogP contribution in [0.5, 0.6) is 11.5 Å². The van der Waals surface area contributed by atoms with Crippen molar-refractivity contribution in [1.82, 2.24) is 0 Å². The number of nitrogens with zero attached hydrogens (tertiary/aromatic N) is 1. The monoisotopic (exact) mass is 431 g/mol. The van der Waals surface area contributed by atoms with Gasteiger partial charge in [-0.05, 0) is 65.4 Å². The molecule has 0 N–H and O–H groups in total. The third-order valence-corrected chi connectivity index (χ3v) is 4.37. The van der Waals surface area contributed by atoms with Crippen LogP contribution in [-0.4, -0.2) is 13.7 Å². The number of benzene rings is 1. The lowest BCUT2D eigenvalue weighted by molar-refractivity contribution is 0.291. The summed E-state index contributed by atoms with van der Waals surface area (Å²) >= 11 is 3.43. The van der Waals surface area contributed by atoms with Gasteiger partial charge in [-0.3, -0.25) is 0 Å². The largest absolute Gasteiger partial charge is 0.496 e. The predicted octanol–water partition coefficient (Wildman–Crippen LogP) is 6.91. The average molecular weight is 432 g/mol. The number of aryl methyl sites for hydroxylation is 1. The lowest BCUT2D eigenvalue weighted by Gasteiger charge is -2.16. The Morgan fingerprint density at radius 1 is 1.30 bits per heavy atom. The molecule has 0 spiro atoms. The van der Waals surface area contributed by atoms with Crippen LogP contribution < -0.4 is 9.47 Å². The highest BCUT2D eigenvalue weighted by Crippen LogP contribution is 2.29. The van der Waals surface area contributed by atoms with Crippen molar-refractivity contribution in [2.75, 3.05) is 13.7 Å². The van der Waals surface area contributed by atoms with Gasteiger partial charge in [-0.2, -0.15) is 5.26 Å². The maximum absolute atomic E-state index is 8.92. The first-order valence-electron chi connectivity index (χ1n) is 9.04. The standard InChI is InChI=1S/C17H18BrNO2.C4H6.C2H6/c1-12-9-15(5-6-17(12)20-2)21-8-7-13-3-4-14(11-19)16(18)10-13;1-3-4-2;1-2/h4-6,9-10,13H,3,7-8H2,1-2H3;3-4H,1-2H2;1-2H3. The van der Waals surface area contributed by atoms with E-state index < -0.39 is 0 Å². The summed E-state index contributed by atoms with van der Waals surface area (Å²) in [6.07, 6.45) is 9.17. The van der Waals surface area contributed by atoms with Crippen LogP contribution in [0.15, 0.2) is 65.7 Å². The number of halogens is 1. The van der Waals surface area contributed by atoms with E-state index >= 15 is 0 Å². The number of nitriles is 1. The number of ether oxygens (including phenoxy) is 2. The van der Waals surface area contributed by atoms with Gasteiger partial charge in [-0.15, -0.1) is 0 Å². The summed E-state index contributed by atoms with van der Waals surface area (Å²) in [6, 6.07) is 8.00. The van der Waals surface area contributed by atoms with Gasteiger partial charge >= 0.3 is 0 Å². The van der Waals surface area contributed by atoms with Gasteiger partial charge in [0.15, 0.2) is 0 Å². The second-order valence-electron chi connectivity index (χ2n) is 5.48. The molecule has 1 aliphatic rings. The van der Waals surface area contributed by atoms with Crippen molar-refractivity contribution in [3.63, 3.8) is 0 Å². The minimum absolute atomic E-state index is 0.413. The lowest BCUT2D eigenvalue weighted by Crippen LogP contribution is -2.08. The van der Waals surface area contributed by atoms with E-state index in [1.807, 2.05) is 45.0 Å². The average Bonchev–Trinajstić information content (AvgIpc) is 2.70. The molecule has 0 aliphatic heterocycles. The van der Waals surface area contributed by atoms with E-state index in [-0.39, 0.29) is 0 Å². The molecule has 0 heterocycles. The number of rotatable bonds is 6. The molecule has 146 valence electrons. The first-order valence-corrected chi connectivity index (χ1v) is 9.83. The maximum atomic E-state index is 8.92. The zero-order valence-corrected chi connectivity index (χ0v) is 18.4. The Kier molecular flexibility index (Phi) is 13.6. The Balaban J connectivity index is 0.000000998. The summed E-state index contributed by atoms with van der Waals surface area (Å²) in [7, 11) is 1.67. The highest BCUT2D eigenvalue weighted by atomic mass is 79.9. The topological polar surface area (TPSA) is 42.2 Å². The molecule has 1 aromatic carbocycles. The third kappa shape index (κ3) is 9.30. The van der Waals surface area contributed by atoms with Gasteiger partial charge in [0.1, 0.15) is 11.5 Å². The van der Waals surface area contributed by atoms with Crippen molar-refractivity contribution in [3.8, 4) is 17.6 Å². The third-order valence-electron chi connectivity index (χ3n) is 3.67. The van der Waals surface area contributed by atoms with E-state index in [4.69, 9.17) is 14.7 Å². The van der Waals surface area contributed by atoms with Gasteiger partial charge in [0.25, 0.3) is 0 Å². The van der Waals surface area contributed by atoms with Crippen LogP contribution in [0.3, 0.4) is 0 Å². The van der Waals surface area contributed by atoms with E-state index in [0.29, 0.717) is 12.5 Å². The van der Waals surface area contributed by atoms with E-state index in [1.54, 1.807) is 19.3 Å². The molecular weight excluding hydrogens is 402 g/mol. The number of hydrogen-bond donors (Lipinski definition) is 0. The Bertz CT molecular complexity index is 693.